The molecule has 1 atom stereocenters. The third kappa shape index (κ3) is 2.54. The van der Waals surface area contributed by atoms with Crippen LogP contribution in [0.2, 0.25) is 0 Å². The van der Waals surface area contributed by atoms with Gasteiger partial charge < -0.3 is 9.64 Å². The van der Waals surface area contributed by atoms with Gasteiger partial charge in [-0.3, -0.25) is 4.98 Å². The fourth-order valence-electron chi connectivity index (χ4n) is 1.83. The lowest BCUT2D eigenvalue weighted by molar-refractivity contribution is 0.0593. The number of carbonyl (C=O) groups excluding carboxylic acids is 1. The first-order valence-electron chi connectivity index (χ1n) is 5.76. The van der Waals surface area contributed by atoms with E-state index in [1.807, 2.05) is 7.05 Å². The Bertz CT molecular complexity index is 418. The molecule has 2 rings (SSSR count). The van der Waals surface area contributed by atoms with E-state index in [0.717, 1.165) is 5.92 Å². The quantitative estimate of drug-likeness (QED) is 0.740. The van der Waals surface area contributed by atoms with Crippen LogP contribution < -0.4 is 4.90 Å². The summed E-state index contributed by atoms with van der Waals surface area (Å²) in [5.74, 6) is 1.00. The maximum absolute atomic E-state index is 11.4. The summed E-state index contributed by atoms with van der Waals surface area (Å²) in [6.45, 7) is 2.17. The van der Waals surface area contributed by atoms with Gasteiger partial charge in [0, 0.05) is 13.1 Å². The maximum atomic E-state index is 11.4. The molecule has 0 saturated heterocycles. The maximum Gasteiger partial charge on any atom is 0.358 e. The fraction of sp³-hybridized carbons (Fsp3) is 0.583. The lowest BCUT2D eigenvalue weighted by Crippen LogP contribution is -2.31. The summed E-state index contributed by atoms with van der Waals surface area (Å²) in [4.78, 5) is 21.7. The number of ether oxygens (including phenoxy) is 1. The molecule has 1 aliphatic rings. The largest absolute Gasteiger partial charge is 0.464 e. The van der Waals surface area contributed by atoms with E-state index in [-0.39, 0.29) is 5.69 Å². The fourth-order valence-corrected chi connectivity index (χ4v) is 1.83. The van der Waals surface area contributed by atoms with Gasteiger partial charge in [-0.15, -0.1) is 0 Å². The van der Waals surface area contributed by atoms with Crippen molar-refractivity contribution in [2.75, 3.05) is 19.1 Å². The minimum Gasteiger partial charge on any atom is -0.464 e. The van der Waals surface area contributed by atoms with Crippen molar-refractivity contribution in [2.24, 2.45) is 5.92 Å². The van der Waals surface area contributed by atoms with Gasteiger partial charge in [-0.25, -0.2) is 9.78 Å². The smallest absolute Gasteiger partial charge is 0.358 e. The van der Waals surface area contributed by atoms with Crippen LogP contribution in [-0.2, 0) is 4.74 Å². The second-order valence-corrected chi connectivity index (χ2v) is 4.44. The van der Waals surface area contributed by atoms with Gasteiger partial charge in [-0.1, -0.05) is 0 Å². The Morgan fingerprint density at radius 3 is 2.82 bits per heavy atom. The minimum absolute atomic E-state index is 0.250. The van der Waals surface area contributed by atoms with Gasteiger partial charge in [0.1, 0.15) is 5.82 Å². The first-order valence-corrected chi connectivity index (χ1v) is 5.76. The molecule has 5 heteroatoms. The van der Waals surface area contributed by atoms with Crippen LogP contribution in [0.3, 0.4) is 0 Å². The Balaban J connectivity index is 2.17. The van der Waals surface area contributed by atoms with Gasteiger partial charge in [0.2, 0.25) is 0 Å². The Labute approximate surface area is 101 Å². The molecule has 0 radical (unpaired) electrons. The van der Waals surface area contributed by atoms with Crippen molar-refractivity contribution >= 4 is 11.8 Å². The Morgan fingerprint density at radius 1 is 1.53 bits per heavy atom. The molecule has 5 nitrogen and oxygen atoms in total. The van der Waals surface area contributed by atoms with Crippen LogP contribution in [0, 0.1) is 5.92 Å². The van der Waals surface area contributed by atoms with Crippen LogP contribution in [0.4, 0.5) is 5.82 Å². The van der Waals surface area contributed by atoms with Gasteiger partial charge in [0.25, 0.3) is 0 Å². The van der Waals surface area contributed by atoms with E-state index in [1.54, 1.807) is 6.20 Å². The third-order valence-electron chi connectivity index (χ3n) is 3.29. The van der Waals surface area contributed by atoms with Crippen molar-refractivity contribution in [3.8, 4) is 0 Å². The average molecular weight is 235 g/mol. The highest BCUT2D eigenvalue weighted by atomic mass is 16.5. The van der Waals surface area contributed by atoms with Crippen LogP contribution in [0.15, 0.2) is 12.4 Å². The summed E-state index contributed by atoms with van der Waals surface area (Å²) >= 11 is 0. The summed E-state index contributed by atoms with van der Waals surface area (Å²) < 4.78 is 4.63. The van der Waals surface area contributed by atoms with Crippen LogP contribution >= 0.6 is 0 Å². The first-order chi connectivity index (χ1) is 8.13. The van der Waals surface area contributed by atoms with E-state index in [0.29, 0.717) is 11.9 Å². The molecular formula is C12H17N3O2. The summed E-state index contributed by atoms with van der Waals surface area (Å²) in [6.07, 6.45) is 5.64. The molecule has 92 valence electrons. The number of nitrogens with zero attached hydrogens (tertiary/aromatic N) is 3. The number of esters is 1. The van der Waals surface area contributed by atoms with Crippen LogP contribution in [-0.4, -0.2) is 36.1 Å². The van der Waals surface area contributed by atoms with E-state index in [1.165, 1.54) is 26.1 Å². The number of hydrogen-bond donors (Lipinski definition) is 0. The van der Waals surface area contributed by atoms with Crippen LogP contribution in [0.5, 0.6) is 0 Å². The van der Waals surface area contributed by atoms with Crippen LogP contribution in [0.25, 0.3) is 0 Å². The lowest BCUT2D eigenvalue weighted by Gasteiger charge is -2.25. The third-order valence-corrected chi connectivity index (χ3v) is 3.29. The Hall–Kier alpha value is -1.65. The number of anilines is 1. The highest BCUT2D eigenvalue weighted by Gasteiger charge is 2.31. The summed E-state index contributed by atoms with van der Waals surface area (Å²) in [7, 11) is 3.32. The molecule has 0 aliphatic heterocycles. The topological polar surface area (TPSA) is 55.3 Å². The molecule has 0 amide bonds. The van der Waals surface area contributed by atoms with Crippen molar-refractivity contribution in [1.82, 2.24) is 9.97 Å². The minimum atomic E-state index is -0.452. The van der Waals surface area contributed by atoms with E-state index in [9.17, 15) is 4.79 Å². The molecule has 0 N–H and O–H groups in total. The van der Waals surface area contributed by atoms with Crippen molar-refractivity contribution in [2.45, 2.75) is 25.8 Å². The Kier molecular flexibility index (Phi) is 3.26. The zero-order valence-corrected chi connectivity index (χ0v) is 10.4. The van der Waals surface area contributed by atoms with Gasteiger partial charge in [0.15, 0.2) is 5.69 Å². The molecule has 17 heavy (non-hydrogen) atoms. The number of hydrogen-bond acceptors (Lipinski definition) is 5. The summed E-state index contributed by atoms with van der Waals surface area (Å²) in [5, 5.41) is 0. The van der Waals surface area contributed by atoms with Gasteiger partial charge in [0.05, 0.1) is 19.5 Å². The molecule has 1 heterocycles. The number of carbonyl (C=O) groups is 1. The van der Waals surface area contributed by atoms with E-state index in [2.05, 4.69) is 26.5 Å². The van der Waals surface area contributed by atoms with Crippen LogP contribution in [0.1, 0.15) is 30.3 Å². The van der Waals surface area contributed by atoms with Gasteiger partial charge >= 0.3 is 5.97 Å². The molecule has 0 aromatic carbocycles. The van der Waals surface area contributed by atoms with E-state index < -0.39 is 5.97 Å². The molecule has 1 saturated carbocycles. The van der Waals surface area contributed by atoms with Crippen molar-refractivity contribution in [3.63, 3.8) is 0 Å². The highest BCUT2D eigenvalue weighted by Crippen LogP contribution is 2.35. The summed E-state index contributed by atoms with van der Waals surface area (Å²) in [5.41, 5.74) is 0.250. The van der Waals surface area contributed by atoms with Crippen molar-refractivity contribution in [3.05, 3.63) is 18.1 Å². The normalized spacial score (nSPS) is 16.4. The van der Waals surface area contributed by atoms with E-state index >= 15 is 0 Å². The predicted octanol–water partition coefficient (Wildman–Crippen LogP) is 1.50. The van der Waals surface area contributed by atoms with Crippen molar-refractivity contribution < 1.29 is 9.53 Å². The Morgan fingerprint density at radius 2 is 2.24 bits per heavy atom. The molecule has 0 spiro atoms. The molecule has 0 bridgehead atoms. The molecular weight excluding hydrogens is 218 g/mol. The SMILES string of the molecule is COC(=O)c1cncc(N(C)C(C)C2CC2)n1. The number of aromatic nitrogens is 2. The van der Waals surface area contributed by atoms with E-state index in [4.69, 9.17) is 0 Å². The predicted molar refractivity (Wildman–Crippen MR) is 64.0 cm³/mol. The second kappa shape index (κ2) is 4.69. The monoisotopic (exact) mass is 235 g/mol. The number of rotatable bonds is 4. The van der Waals surface area contributed by atoms with Gasteiger partial charge in [-0.2, -0.15) is 0 Å². The molecule has 1 fully saturated rings. The van der Waals surface area contributed by atoms with Gasteiger partial charge in [-0.05, 0) is 25.7 Å². The van der Waals surface area contributed by atoms with Crippen molar-refractivity contribution in [1.29, 1.82) is 0 Å². The molecule has 1 unspecified atom stereocenters. The molecule has 1 aromatic heterocycles. The average Bonchev–Trinajstić information content (AvgIpc) is 3.20. The molecule has 1 aliphatic carbocycles. The molecule has 1 aromatic rings. The zero-order chi connectivity index (χ0) is 12.4. The lowest BCUT2D eigenvalue weighted by atomic mass is 10.2. The highest BCUT2D eigenvalue weighted by molar-refractivity contribution is 5.87. The second-order valence-electron chi connectivity index (χ2n) is 4.44. The first kappa shape index (κ1) is 11.8. The standard InChI is InChI=1S/C12H17N3O2/c1-8(9-4-5-9)15(2)11-7-13-6-10(14-11)12(16)17-3/h6-9H,4-5H2,1-3H3. The zero-order valence-electron chi connectivity index (χ0n) is 10.4. The number of methoxy groups -OCH3 is 1. The summed E-state index contributed by atoms with van der Waals surface area (Å²) in [6, 6.07) is 0.428.